The Kier molecular flexibility index (Phi) is 3.82. The van der Waals surface area contributed by atoms with Gasteiger partial charge in [-0.15, -0.1) is 0 Å². The number of hydrogen-bond donors (Lipinski definition) is 1. The van der Waals surface area contributed by atoms with E-state index in [-0.39, 0.29) is 17.1 Å². The molecule has 0 unspecified atom stereocenters. The molecule has 0 fully saturated rings. The van der Waals surface area contributed by atoms with Crippen LogP contribution in [0.4, 0.5) is 10.1 Å². The molecule has 2 rings (SSSR count). The summed E-state index contributed by atoms with van der Waals surface area (Å²) in [5.41, 5.74) is 5.62. The van der Waals surface area contributed by atoms with Crippen LogP contribution in [0.1, 0.15) is 11.5 Å². The molecule has 5 nitrogen and oxygen atoms in total. The van der Waals surface area contributed by atoms with Crippen molar-refractivity contribution < 1.29 is 17.2 Å². The van der Waals surface area contributed by atoms with Crippen molar-refractivity contribution >= 4 is 15.7 Å². The van der Waals surface area contributed by atoms with Crippen LogP contribution in [0.3, 0.4) is 0 Å². The molecule has 0 saturated heterocycles. The molecule has 1 heterocycles. The second-order valence-corrected chi connectivity index (χ2v) is 6.47. The van der Waals surface area contributed by atoms with Gasteiger partial charge in [-0.25, -0.2) is 12.8 Å². The number of halogens is 1. The van der Waals surface area contributed by atoms with E-state index in [2.05, 4.69) is 0 Å². The summed E-state index contributed by atoms with van der Waals surface area (Å²) in [7, 11) is -2.49. The van der Waals surface area contributed by atoms with Gasteiger partial charge in [0.25, 0.3) is 0 Å². The van der Waals surface area contributed by atoms with Crippen molar-refractivity contribution in [2.45, 2.75) is 18.4 Å². The van der Waals surface area contributed by atoms with Crippen LogP contribution in [0.2, 0.25) is 0 Å². The van der Waals surface area contributed by atoms with E-state index in [0.717, 1.165) is 16.4 Å². The first-order chi connectivity index (χ1) is 9.30. The average Bonchev–Trinajstić information content (AvgIpc) is 2.77. The highest BCUT2D eigenvalue weighted by molar-refractivity contribution is 7.89. The number of anilines is 1. The summed E-state index contributed by atoms with van der Waals surface area (Å²) in [5.74, 6) is 0.541. The molecule has 0 aliphatic heterocycles. The number of benzene rings is 1. The van der Waals surface area contributed by atoms with E-state index in [1.165, 1.54) is 13.1 Å². The summed E-state index contributed by atoms with van der Waals surface area (Å²) in [5, 5.41) is 0. The maximum atomic E-state index is 13.2. The third kappa shape index (κ3) is 2.83. The lowest BCUT2D eigenvalue weighted by Gasteiger charge is -2.17. The Balaban J connectivity index is 2.32. The molecule has 0 bridgehead atoms. The molecule has 0 saturated carbocycles. The zero-order valence-electron chi connectivity index (χ0n) is 11.1. The molecule has 2 N–H and O–H groups in total. The smallest absolute Gasteiger partial charge is 0.245 e. The average molecular weight is 298 g/mol. The fraction of sp³-hybridized carbons (Fsp3) is 0.231. The van der Waals surface area contributed by atoms with Crippen LogP contribution in [0.15, 0.2) is 39.6 Å². The van der Waals surface area contributed by atoms with Crippen molar-refractivity contribution in [3.05, 3.63) is 47.7 Å². The lowest BCUT2D eigenvalue weighted by Crippen LogP contribution is -2.27. The second kappa shape index (κ2) is 5.26. The zero-order chi connectivity index (χ0) is 14.9. The molecule has 0 amide bonds. The van der Waals surface area contributed by atoms with Crippen molar-refractivity contribution in [1.82, 2.24) is 4.31 Å². The summed E-state index contributed by atoms with van der Waals surface area (Å²) in [6.07, 6.45) is 0. The fourth-order valence-corrected chi connectivity index (χ4v) is 3.03. The van der Waals surface area contributed by atoms with Gasteiger partial charge in [-0.2, -0.15) is 4.31 Å². The number of nitrogens with two attached hydrogens (primary N) is 1. The highest BCUT2D eigenvalue weighted by Crippen LogP contribution is 2.24. The molecule has 0 radical (unpaired) electrons. The Hall–Kier alpha value is -1.86. The van der Waals surface area contributed by atoms with E-state index < -0.39 is 15.8 Å². The zero-order valence-corrected chi connectivity index (χ0v) is 11.9. The molecule has 7 heteroatoms. The van der Waals surface area contributed by atoms with Crippen molar-refractivity contribution in [3.8, 4) is 0 Å². The summed E-state index contributed by atoms with van der Waals surface area (Å²) >= 11 is 0. The molecule has 20 heavy (non-hydrogen) atoms. The van der Waals surface area contributed by atoms with Crippen molar-refractivity contribution in [2.24, 2.45) is 0 Å². The first-order valence-corrected chi connectivity index (χ1v) is 7.31. The van der Waals surface area contributed by atoms with E-state index in [0.29, 0.717) is 11.5 Å². The van der Waals surface area contributed by atoms with E-state index in [4.69, 9.17) is 10.2 Å². The van der Waals surface area contributed by atoms with Crippen molar-refractivity contribution in [3.63, 3.8) is 0 Å². The quantitative estimate of drug-likeness (QED) is 0.877. The normalized spacial score (nSPS) is 12.0. The maximum Gasteiger partial charge on any atom is 0.245 e. The highest BCUT2D eigenvalue weighted by Gasteiger charge is 2.24. The minimum absolute atomic E-state index is 0.00822. The van der Waals surface area contributed by atoms with Crippen LogP contribution in [0.5, 0.6) is 0 Å². The maximum absolute atomic E-state index is 13.2. The minimum atomic E-state index is -3.87. The van der Waals surface area contributed by atoms with Gasteiger partial charge in [-0.05, 0) is 37.3 Å². The standard InChI is InChI=1S/C13H15FN2O3S/c1-9-3-5-11(19-9)8-16(2)20(17,18)13-7-10(14)4-6-12(13)15/h3-7H,8,15H2,1-2H3. The Labute approximate surface area is 116 Å². The Morgan fingerprint density at radius 1 is 1.30 bits per heavy atom. The van der Waals surface area contributed by atoms with Crippen molar-refractivity contribution in [1.29, 1.82) is 0 Å². The third-order valence-electron chi connectivity index (χ3n) is 2.84. The van der Waals surface area contributed by atoms with Gasteiger partial charge >= 0.3 is 0 Å². The minimum Gasteiger partial charge on any atom is -0.465 e. The van der Waals surface area contributed by atoms with Crippen molar-refractivity contribution in [2.75, 3.05) is 12.8 Å². The number of furan rings is 1. The van der Waals surface area contributed by atoms with E-state index in [1.54, 1.807) is 19.1 Å². The Bertz CT molecular complexity index is 725. The van der Waals surface area contributed by atoms with E-state index >= 15 is 0 Å². The van der Waals surface area contributed by atoms with Gasteiger partial charge in [0.2, 0.25) is 10.0 Å². The predicted octanol–water partition coefficient (Wildman–Crippen LogP) is 2.13. The third-order valence-corrected chi connectivity index (χ3v) is 4.70. The molecule has 0 aliphatic carbocycles. The molecule has 0 spiro atoms. The molecular weight excluding hydrogens is 283 g/mol. The second-order valence-electron chi connectivity index (χ2n) is 4.46. The lowest BCUT2D eigenvalue weighted by atomic mass is 10.3. The van der Waals surface area contributed by atoms with Gasteiger partial charge in [0.15, 0.2) is 0 Å². The molecule has 0 atom stereocenters. The van der Waals surface area contributed by atoms with Gasteiger partial charge < -0.3 is 10.2 Å². The molecule has 108 valence electrons. The van der Waals surface area contributed by atoms with E-state index in [9.17, 15) is 12.8 Å². The Morgan fingerprint density at radius 3 is 2.60 bits per heavy atom. The predicted molar refractivity (Wildman–Crippen MR) is 72.9 cm³/mol. The van der Waals surface area contributed by atoms with Crippen LogP contribution < -0.4 is 5.73 Å². The Morgan fingerprint density at radius 2 is 2.00 bits per heavy atom. The molecule has 1 aromatic carbocycles. The first-order valence-electron chi connectivity index (χ1n) is 5.87. The van der Waals surface area contributed by atoms with Crippen LogP contribution in [0, 0.1) is 12.7 Å². The highest BCUT2D eigenvalue weighted by atomic mass is 32.2. The number of rotatable bonds is 4. The number of nitrogens with zero attached hydrogens (tertiary/aromatic N) is 1. The van der Waals surface area contributed by atoms with Gasteiger partial charge in [-0.1, -0.05) is 0 Å². The summed E-state index contributed by atoms with van der Waals surface area (Å²) in [6, 6.07) is 6.69. The summed E-state index contributed by atoms with van der Waals surface area (Å²) in [4.78, 5) is -0.247. The van der Waals surface area contributed by atoms with Gasteiger partial charge in [-0.3, -0.25) is 0 Å². The number of hydrogen-bond acceptors (Lipinski definition) is 4. The molecule has 0 aliphatic rings. The fourth-order valence-electron chi connectivity index (χ4n) is 1.77. The lowest BCUT2D eigenvalue weighted by molar-refractivity contribution is 0.397. The SMILES string of the molecule is Cc1ccc(CN(C)S(=O)(=O)c2cc(F)ccc2N)o1. The van der Waals surface area contributed by atoms with Crippen LogP contribution in [-0.2, 0) is 16.6 Å². The number of sulfonamides is 1. The number of aryl methyl sites for hydroxylation is 1. The van der Waals surface area contributed by atoms with Crippen LogP contribution in [-0.4, -0.2) is 19.8 Å². The molecular formula is C13H15FN2O3S. The molecule has 2 aromatic rings. The van der Waals surface area contributed by atoms with Gasteiger partial charge in [0, 0.05) is 7.05 Å². The summed E-state index contributed by atoms with van der Waals surface area (Å²) < 4.78 is 44.3. The van der Waals surface area contributed by atoms with Crippen LogP contribution in [0.25, 0.3) is 0 Å². The number of nitrogen functional groups attached to an aromatic ring is 1. The van der Waals surface area contributed by atoms with Crippen LogP contribution >= 0.6 is 0 Å². The van der Waals surface area contributed by atoms with Gasteiger partial charge in [0.05, 0.1) is 12.2 Å². The van der Waals surface area contributed by atoms with Gasteiger partial charge in [0.1, 0.15) is 22.2 Å². The first kappa shape index (κ1) is 14.5. The monoisotopic (exact) mass is 298 g/mol. The molecule has 1 aromatic heterocycles. The largest absolute Gasteiger partial charge is 0.465 e. The summed E-state index contributed by atoms with van der Waals surface area (Å²) in [6.45, 7) is 1.81. The van der Waals surface area contributed by atoms with E-state index in [1.807, 2.05) is 0 Å². The topological polar surface area (TPSA) is 76.5 Å².